The number of nitrogens with zero attached hydrogens (tertiary/aromatic N) is 2. The number of nitrogens with one attached hydrogen (secondary N) is 1. The number of hydrogen-bond acceptors (Lipinski definition) is 4. The van der Waals surface area contributed by atoms with Crippen LogP contribution in [0.15, 0.2) is 12.1 Å². The minimum absolute atomic E-state index is 0.296. The van der Waals surface area contributed by atoms with Gasteiger partial charge in [-0.3, -0.25) is 0 Å². The Morgan fingerprint density at radius 2 is 2.36 bits per heavy atom. The van der Waals surface area contributed by atoms with Gasteiger partial charge in [0.2, 0.25) is 0 Å². The van der Waals surface area contributed by atoms with E-state index in [2.05, 4.69) is 10.3 Å². The first-order chi connectivity index (χ1) is 6.83. The lowest BCUT2D eigenvalue weighted by Gasteiger charge is -2.06. The van der Waals surface area contributed by atoms with Crippen molar-refractivity contribution >= 4 is 5.82 Å². The summed E-state index contributed by atoms with van der Waals surface area (Å²) in [5.41, 5.74) is 0.351. The Hall–Kier alpha value is -1.76. The highest BCUT2D eigenvalue weighted by molar-refractivity contribution is 5.46. The lowest BCUT2D eigenvalue weighted by Crippen LogP contribution is -2.01. The van der Waals surface area contributed by atoms with Gasteiger partial charge in [-0.05, 0) is 25.0 Å². The average molecular weight is 189 g/mol. The van der Waals surface area contributed by atoms with Crippen LogP contribution in [0.4, 0.5) is 5.82 Å². The van der Waals surface area contributed by atoms with Gasteiger partial charge in [-0.25, -0.2) is 4.98 Å². The van der Waals surface area contributed by atoms with Crippen LogP contribution in [-0.4, -0.2) is 18.1 Å². The third-order valence-corrected chi connectivity index (χ3v) is 2.04. The van der Waals surface area contributed by atoms with E-state index in [-0.39, 0.29) is 0 Å². The van der Waals surface area contributed by atoms with Crippen LogP contribution in [0, 0.1) is 11.3 Å². The number of pyridine rings is 1. The van der Waals surface area contributed by atoms with Crippen LogP contribution in [-0.2, 0) is 0 Å². The highest BCUT2D eigenvalue weighted by atomic mass is 16.5. The second kappa shape index (κ2) is 3.54. The molecular weight excluding hydrogens is 178 g/mol. The van der Waals surface area contributed by atoms with Crippen LogP contribution in [0.5, 0.6) is 5.75 Å². The molecule has 1 N–H and O–H groups in total. The summed E-state index contributed by atoms with van der Waals surface area (Å²) in [7, 11) is 1.77. The molecule has 1 fully saturated rings. The maximum Gasteiger partial charge on any atom is 0.184 e. The van der Waals surface area contributed by atoms with Gasteiger partial charge in [0.15, 0.2) is 11.4 Å². The van der Waals surface area contributed by atoms with Crippen molar-refractivity contribution in [2.45, 2.75) is 18.9 Å². The molecule has 0 aliphatic heterocycles. The molecule has 4 nitrogen and oxygen atoms in total. The Labute approximate surface area is 82.5 Å². The largest absolute Gasteiger partial charge is 0.487 e. The molecule has 0 amide bonds. The number of anilines is 1. The molecule has 1 aromatic rings. The minimum Gasteiger partial charge on any atom is -0.487 e. The Kier molecular flexibility index (Phi) is 2.23. The second-order valence-corrected chi connectivity index (χ2v) is 3.22. The van der Waals surface area contributed by atoms with Gasteiger partial charge >= 0.3 is 0 Å². The quantitative estimate of drug-likeness (QED) is 0.783. The molecule has 72 valence electrons. The standard InChI is InChI=1S/C10H11N3O/c1-12-10-5-4-9(8(6-11)13-10)14-7-2-3-7/h4-5,7H,2-3H2,1H3,(H,12,13). The van der Waals surface area contributed by atoms with Gasteiger partial charge in [-0.2, -0.15) is 5.26 Å². The van der Waals surface area contributed by atoms with Crippen LogP contribution in [0.3, 0.4) is 0 Å². The summed E-state index contributed by atoms with van der Waals surface area (Å²) >= 11 is 0. The molecular formula is C10H11N3O. The number of hydrogen-bond donors (Lipinski definition) is 1. The molecule has 0 aromatic carbocycles. The molecule has 0 radical (unpaired) electrons. The summed E-state index contributed by atoms with van der Waals surface area (Å²) < 4.78 is 5.53. The van der Waals surface area contributed by atoms with Gasteiger partial charge in [-0.15, -0.1) is 0 Å². The van der Waals surface area contributed by atoms with Crippen molar-refractivity contribution in [2.24, 2.45) is 0 Å². The van der Waals surface area contributed by atoms with Gasteiger partial charge in [0.1, 0.15) is 11.9 Å². The summed E-state index contributed by atoms with van der Waals surface area (Å²) in [4.78, 5) is 4.09. The van der Waals surface area contributed by atoms with Crippen LogP contribution in [0.2, 0.25) is 0 Å². The van der Waals surface area contributed by atoms with Crippen molar-refractivity contribution in [3.05, 3.63) is 17.8 Å². The first-order valence-electron chi connectivity index (χ1n) is 4.59. The van der Waals surface area contributed by atoms with E-state index < -0.39 is 0 Å². The third kappa shape index (κ3) is 1.77. The molecule has 0 saturated heterocycles. The predicted molar refractivity (Wildman–Crippen MR) is 52.1 cm³/mol. The lowest BCUT2D eigenvalue weighted by atomic mass is 10.3. The highest BCUT2D eigenvalue weighted by Crippen LogP contribution is 2.28. The molecule has 0 atom stereocenters. The van der Waals surface area contributed by atoms with E-state index in [0.29, 0.717) is 23.4 Å². The zero-order valence-corrected chi connectivity index (χ0v) is 7.95. The Morgan fingerprint density at radius 3 is 2.93 bits per heavy atom. The lowest BCUT2D eigenvalue weighted by molar-refractivity contribution is 0.301. The van der Waals surface area contributed by atoms with Crippen molar-refractivity contribution in [3.8, 4) is 11.8 Å². The molecule has 1 aliphatic rings. The zero-order chi connectivity index (χ0) is 9.97. The topological polar surface area (TPSA) is 57.9 Å². The van der Waals surface area contributed by atoms with Crippen LogP contribution < -0.4 is 10.1 Å². The number of aromatic nitrogens is 1. The second-order valence-electron chi connectivity index (χ2n) is 3.22. The van der Waals surface area contributed by atoms with Crippen LogP contribution in [0.25, 0.3) is 0 Å². The van der Waals surface area contributed by atoms with Crippen molar-refractivity contribution in [2.75, 3.05) is 12.4 Å². The molecule has 1 heterocycles. The van der Waals surface area contributed by atoms with Gasteiger partial charge < -0.3 is 10.1 Å². The summed E-state index contributed by atoms with van der Waals surface area (Å²) in [5.74, 6) is 1.28. The van der Waals surface area contributed by atoms with E-state index in [1.807, 2.05) is 6.07 Å². The fourth-order valence-corrected chi connectivity index (χ4v) is 1.13. The smallest absolute Gasteiger partial charge is 0.184 e. The molecule has 1 saturated carbocycles. The zero-order valence-electron chi connectivity index (χ0n) is 7.95. The SMILES string of the molecule is CNc1ccc(OC2CC2)c(C#N)n1. The number of ether oxygens (including phenoxy) is 1. The van der Waals surface area contributed by atoms with Crippen molar-refractivity contribution in [1.82, 2.24) is 4.98 Å². The summed E-state index contributed by atoms with van der Waals surface area (Å²) in [6.07, 6.45) is 2.46. The summed E-state index contributed by atoms with van der Waals surface area (Å²) in [5, 5.41) is 11.7. The van der Waals surface area contributed by atoms with E-state index >= 15 is 0 Å². The van der Waals surface area contributed by atoms with Gasteiger partial charge in [-0.1, -0.05) is 0 Å². The number of rotatable bonds is 3. The fraction of sp³-hybridized carbons (Fsp3) is 0.400. The Morgan fingerprint density at radius 1 is 1.57 bits per heavy atom. The molecule has 1 aromatic heterocycles. The van der Waals surface area contributed by atoms with E-state index in [9.17, 15) is 0 Å². The van der Waals surface area contributed by atoms with Crippen LogP contribution in [0.1, 0.15) is 18.5 Å². The molecule has 4 heteroatoms. The van der Waals surface area contributed by atoms with E-state index in [4.69, 9.17) is 10.00 Å². The normalized spacial score (nSPS) is 14.6. The van der Waals surface area contributed by atoms with E-state index in [0.717, 1.165) is 12.8 Å². The number of nitriles is 1. The third-order valence-electron chi connectivity index (χ3n) is 2.04. The van der Waals surface area contributed by atoms with Gasteiger partial charge in [0.25, 0.3) is 0 Å². The molecule has 0 unspecified atom stereocenters. The first kappa shape index (κ1) is 8.82. The monoisotopic (exact) mass is 189 g/mol. The molecule has 0 bridgehead atoms. The Bertz CT molecular complexity index is 379. The molecule has 14 heavy (non-hydrogen) atoms. The molecule has 0 spiro atoms. The molecule has 1 aliphatic carbocycles. The predicted octanol–water partition coefficient (Wildman–Crippen LogP) is 1.54. The van der Waals surface area contributed by atoms with Crippen LogP contribution >= 0.6 is 0 Å². The van der Waals surface area contributed by atoms with Gasteiger partial charge in [0, 0.05) is 7.05 Å². The summed E-state index contributed by atoms with van der Waals surface area (Å²) in [6, 6.07) is 5.62. The minimum atomic E-state index is 0.296. The highest BCUT2D eigenvalue weighted by Gasteiger charge is 2.24. The first-order valence-corrected chi connectivity index (χ1v) is 4.59. The maximum atomic E-state index is 8.85. The van der Waals surface area contributed by atoms with E-state index in [1.54, 1.807) is 19.2 Å². The average Bonchev–Trinajstić information content (AvgIpc) is 3.02. The maximum absolute atomic E-state index is 8.85. The summed E-state index contributed by atoms with van der Waals surface area (Å²) in [6.45, 7) is 0. The van der Waals surface area contributed by atoms with Crippen molar-refractivity contribution in [1.29, 1.82) is 5.26 Å². The Balaban J connectivity index is 2.25. The molecule has 2 rings (SSSR count). The van der Waals surface area contributed by atoms with Crippen molar-refractivity contribution in [3.63, 3.8) is 0 Å². The van der Waals surface area contributed by atoms with Crippen molar-refractivity contribution < 1.29 is 4.74 Å². The van der Waals surface area contributed by atoms with Gasteiger partial charge in [0.05, 0.1) is 6.10 Å². The van der Waals surface area contributed by atoms with E-state index in [1.165, 1.54) is 0 Å². The fourth-order valence-electron chi connectivity index (χ4n) is 1.13.